The molecule has 8 nitrogen and oxygen atoms in total. The highest BCUT2D eigenvalue weighted by Gasteiger charge is 2.16. The maximum Gasteiger partial charge on any atom is 0.329 e. The first-order valence-corrected chi connectivity index (χ1v) is 10.5. The Morgan fingerprint density at radius 1 is 0.941 bits per heavy atom. The third-order valence-corrected chi connectivity index (χ3v) is 5.02. The summed E-state index contributed by atoms with van der Waals surface area (Å²) in [5.74, 6) is -1.32. The second kappa shape index (κ2) is 10.3. The van der Waals surface area contributed by atoms with Crippen LogP contribution in [0, 0.1) is 6.92 Å². The number of carbonyl (C=O) groups excluding carboxylic acids is 2. The number of ether oxygens (including phenoxy) is 1. The van der Waals surface area contributed by atoms with Crippen LogP contribution in [0.4, 0.5) is 5.69 Å². The van der Waals surface area contributed by atoms with Gasteiger partial charge in [-0.2, -0.15) is 10.2 Å². The van der Waals surface area contributed by atoms with Gasteiger partial charge in [0, 0.05) is 17.3 Å². The number of anilines is 1. The molecule has 0 saturated carbocycles. The highest BCUT2D eigenvalue weighted by molar-refractivity contribution is 6.39. The minimum Gasteiger partial charge on any atom is -0.495 e. The molecule has 0 saturated heterocycles. The Labute approximate surface area is 196 Å². The SMILES string of the molecule is COc1ccccc1NC(=O)C(=O)N/N=C\c1cn(-c2ccccc2)nc1-c1ccc(C)cc1. The highest BCUT2D eigenvalue weighted by atomic mass is 16.5. The average molecular weight is 454 g/mol. The Morgan fingerprint density at radius 2 is 1.65 bits per heavy atom. The predicted octanol–water partition coefficient (Wildman–Crippen LogP) is 3.95. The van der Waals surface area contributed by atoms with Crippen LogP contribution in [0.1, 0.15) is 11.1 Å². The number of nitrogens with zero attached hydrogens (tertiary/aromatic N) is 3. The van der Waals surface area contributed by atoms with E-state index in [9.17, 15) is 9.59 Å². The van der Waals surface area contributed by atoms with E-state index in [2.05, 4.69) is 15.8 Å². The molecule has 8 heteroatoms. The quantitative estimate of drug-likeness (QED) is 0.262. The molecule has 0 aliphatic carbocycles. The number of hydrogen-bond acceptors (Lipinski definition) is 5. The second-order valence-corrected chi connectivity index (χ2v) is 7.43. The van der Waals surface area contributed by atoms with E-state index < -0.39 is 11.8 Å². The van der Waals surface area contributed by atoms with Crippen LogP contribution in [0.25, 0.3) is 16.9 Å². The number of rotatable bonds is 6. The molecule has 0 atom stereocenters. The van der Waals surface area contributed by atoms with Gasteiger partial charge in [0.25, 0.3) is 0 Å². The zero-order valence-electron chi connectivity index (χ0n) is 18.7. The number of para-hydroxylation sites is 3. The van der Waals surface area contributed by atoms with Gasteiger partial charge < -0.3 is 10.1 Å². The maximum absolute atomic E-state index is 12.3. The lowest BCUT2D eigenvalue weighted by Gasteiger charge is -2.08. The minimum atomic E-state index is -0.908. The van der Waals surface area contributed by atoms with E-state index in [0.717, 1.165) is 16.8 Å². The van der Waals surface area contributed by atoms with Gasteiger partial charge in [-0.15, -0.1) is 0 Å². The van der Waals surface area contributed by atoms with Crippen molar-refractivity contribution in [3.8, 4) is 22.7 Å². The first kappa shape index (κ1) is 22.5. The zero-order valence-corrected chi connectivity index (χ0v) is 18.7. The summed E-state index contributed by atoms with van der Waals surface area (Å²) >= 11 is 0. The van der Waals surface area contributed by atoms with Crippen molar-refractivity contribution >= 4 is 23.7 Å². The molecule has 1 heterocycles. The minimum absolute atomic E-state index is 0.389. The molecule has 0 aliphatic heterocycles. The molecule has 3 aromatic carbocycles. The van der Waals surface area contributed by atoms with Gasteiger partial charge >= 0.3 is 11.8 Å². The van der Waals surface area contributed by atoms with E-state index in [1.54, 1.807) is 28.9 Å². The first-order chi connectivity index (χ1) is 16.5. The van der Waals surface area contributed by atoms with Crippen molar-refractivity contribution in [2.24, 2.45) is 5.10 Å². The van der Waals surface area contributed by atoms with Crippen LogP contribution >= 0.6 is 0 Å². The molecule has 170 valence electrons. The molecule has 0 spiro atoms. The molecular weight excluding hydrogens is 430 g/mol. The molecule has 4 rings (SSSR count). The van der Waals surface area contributed by atoms with Crippen LogP contribution in [0.3, 0.4) is 0 Å². The maximum atomic E-state index is 12.3. The second-order valence-electron chi connectivity index (χ2n) is 7.43. The van der Waals surface area contributed by atoms with E-state index >= 15 is 0 Å². The van der Waals surface area contributed by atoms with E-state index in [1.165, 1.54) is 13.3 Å². The fourth-order valence-electron chi connectivity index (χ4n) is 3.27. The van der Waals surface area contributed by atoms with Crippen LogP contribution in [0.2, 0.25) is 0 Å². The highest BCUT2D eigenvalue weighted by Crippen LogP contribution is 2.24. The number of methoxy groups -OCH3 is 1. The number of hydrogen-bond donors (Lipinski definition) is 2. The van der Waals surface area contributed by atoms with Gasteiger partial charge in [0.05, 0.1) is 24.7 Å². The van der Waals surface area contributed by atoms with E-state index in [1.807, 2.05) is 67.7 Å². The average Bonchev–Trinajstić information content (AvgIpc) is 3.29. The molecule has 0 bridgehead atoms. The summed E-state index contributed by atoms with van der Waals surface area (Å²) in [7, 11) is 1.48. The molecule has 0 fully saturated rings. The van der Waals surface area contributed by atoms with E-state index in [0.29, 0.717) is 22.7 Å². The molecule has 2 N–H and O–H groups in total. The largest absolute Gasteiger partial charge is 0.495 e. The number of amides is 2. The van der Waals surface area contributed by atoms with Crippen molar-refractivity contribution in [2.75, 3.05) is 12.4 Å². The number of carbonyl (C=O) groups is 2. The van der Waals surface area contributed by atoms with Crippen LogP contribution in [-0.2, 0) is 9.59 Å². The summed E-state index contributed by atoms with van der Waals surface area (Å²) in [6.07, 6.45) is 3.28. The van der Waals surface area contributed by atoms with E-state index in [-0.39, 0.29) is 0 Å². The molecular formula is C26H23N5O3. The summed E-state index contributed by atoms with van der Waals surface area (Å²) in [5.41, 5.74) is 6.95. The Bertz CT molecular complexity index is 1330. The van der Waals surface area contributed by atoms with Crippen LogP contribution in [-0.4, -0.2) is 34.9 Å². The van der Waals surface area contributed by atoms with Crippen LogP contribution in [0.15, 0.2) is 90.2 Å². The number of benzene rings is 3. The Morgan fingerprint density at radius 3 is 2.38 bits per heavy atom. The molecule has 0 aliphatic rings. The van der Waals surface area contributed by atoms with E-state index in [4.69, 9.17) is 9.84 Å². The smallest absolute Gasteiger partial charge is 0.329 e. The topological polar surface area (TPSA) is 97.6 Å². The Hall–Kier alpha value is -4.72. The lowest BCUT2D eigenvalue weighted by molar-refractivity contribution is -0.136. The van der Waals surface area contributed by atoms with Crippen molar-refractivity contribution in [3.63, 3.8) is 0 Å². The third kappa shape index (κ3) is 5.18. The standard InChI is InChI=1S/C26H23N5O3/c1-18-12-14-19(15-13-18)24-20(17-31(30-24)21-8-4-3-5-9-21)16-27-29-26(33)25(32)28-22-10-6-7-11-23(22)34-2/h3-17H,1-2H3,(H,28,32)(H,29,33)/b27-16-. The Kier molecular flexibility index (Phi) is 6.78. The van der Waals surface area contributed by atoms with Crippen molar-refractivity contribution in [1.29, 1.82) is 0 Å². The fourth-order valence-corrected chi connectivity index (χ4v) is 3.27. The van der Waals surface area contributed by atoms with Gasteiger partial charge in [0.15, 0.2) is 0 Å². The number of nitrogens with one attached hydrogen (secondary N) is 2. The number of aromatic nitrogens is 2. The molecule has 1 aromatic heterocycles. The third-order valence-electron chi connectivity index (χ3n) is 5.02. The summed E-state index contributed by atoms with van der Waals surface area (Å²) in [6, 6.07) is 24.4. The summed E-state index contributed by atoms with van der Waals surface area (Å²) in [5, 5.41) is 11.2. The van der Waals surface area contributed by atoms with Gasteiger partial charge in [-0.1, -0.05) is 60.2 Å². The molecule has 0 unspecified atom stereocenters. The lowest BCUT2D eigenvalue weighted by Crippen LogP contribution is -2.32. The number of hydrazone groups is 1. The van der Waals surface area contributed by atoms with Gasteiger partial charge in [-0.25, -0.2) is 10.1 Å². The molecule has 2 amide bonds. The van der Waals surface area contributed by atoms with Gasteiger partial charge in [0.1, 0.15) is 11.4 Å². The zero-order chi connectivity index (χ0) is 23.9. The van der Waals surface area contributed by atoms with Crippen molar-refractivity contribution in [3.05, 3.63) is 96.2 Å². The Balaban J connectivity index is 1.53. The fraction of sp³-hybridized carbons (Fsp3) is 0.0769. The monoisotopic (exact) mass is 453 g/mol. The predicted molar refractivity (Wildman–Crippen MR) is 131 cm³/mol. The van der Waals surface area contributed by atoms with Gasteiger partial charge in [-0.3, -0.25) is 9.59 Å². The molecule has 0 radical (unpaired) electrons. The summed E-state index contributed by atoms with van der Waals surface area (Å²) in [6.45, 7) is 2.01. The molecule has 4 aromatic rings. The first-order valence-electron chi connectivity index (χ1n) is 10.5. The number of aryl methyl sites for hydroxylation is 1. The molecule has 34 heavy (non-hydrogen) atoms. The van der Waals surface area contributed by atoms with Crippen molar-refractivity contribution < 1.29 is 14.3 Å². The van der Waals surface area contributed by atoms with Crippen molar-refractivity contribution in [2.45, 2.75) is 6.92 Å². The van der Waals surface area contributed by atoms with Crippen LogP contribution in [0.5, 0.6) is 5.75 Å². The lowest BCUT2D eigenvalue weighted by atomic mass is 10.1. The van der Waals surface area contributed by atoms with Crippen molar-refractivity contribution in [1.82, 2.24) is 15.2 Å². The summed E-state index contributed by atoms with van der Waals surface area (Å²) < 4.78 is 6.92. The summed E-state index contributed by atoms with van der Waals surface area (Å²) in [4.78, 5) is 24.5. The van der Waals surface area contributed by atoms with Gasteiger partial charge in [0.2, 0.25) is 0 Å². The van der Waals surface area contributed by atoms with Gasteiger partial charge in [-0.05, 0) is 31.2 Å². The normalized spacial score (nSPS) is 10.8. The van der Waals surface area contributed by atoms with Crippen LogP contribution < -0.4 is 15.5 Å².